The van der Waals surface area contributed by atoms with Crippen LogP contribution in [0.4, 0.5) is 5.69 Å². The number of anilines is 1. The van der Waals surface area contributed by atoms with Gasteiger partial charge in [0.2, 0.25) is 0 Å². The van der Waals surface area contributed by atoms with Gasteiger partial charge in [-0.2, -0.15) is 0 Å². The molecular weight excluding hydrogens is 242 g/mol. The van der Waals surface area contributed by atoms with Crippen LogP contribution in [-0.4, -0.2) is 19.8 Å². The van der Waals surface area contributed by atoms with Crippen molar-refractivity contribution in [1.82, 2.24) is 0 Å². The summed E-state index contributed by atoms with van der Waals surface area (Å²) in [5.74, 6) is 0. The third-order valence-corrected chi connectivity index (χ3v) is 2.36. The van der Waals surface area contributed by atoms with Gasteiger partial charge in [-0.3, -0.25) is 0 Å². The van der Waals surface area contributed by atoms with E-state index in [0.29, 0.717) is 13.2 Å². The topological polar surface area (TPSA) is 21.3 Å². The van der Waals surface area contributed by atoms with Gasteiger partial charge in [0.1, 0.15) is 0 Å². The summed E-state index contributed by atoms with van der Waals surface area (Å²) in [4.78, 5) is 0. The summed E-state index contributed by atoms with van der Waals surface area (Å²) < 4.78 is 6.32. The van der Waals surface area contributed by atoms with Crippen LogP contribution >= 0.6 is 15.9 Å². The number of rotatable bonds is 6. The van der Waals surface area contributed by atoms with Crippen LogP contribution in [0.15, 0.2) is 41.4 Å². The molecular formula is C11H14BrNO. The van der Waals surface area contributed by atoms with Crippen LogP contribution in [0, 0.1) is 0 Å². The number of nitrogens with one attached hydrogen (secondary N) is 1. The Hall–Kier alpha value is -0.800. The monoisotopic (exact) mass is 255 g/mol. The highest BCUT2D eigenvalue weighted by Gasteiger charge is 1.95. The van der Waals surface area contributed by atoms with Gasteiger partial charge < -0.3 is 10.1 Å². The first-order valence-corrected chi connectivity index (χ1v) is 5.31. The van der Waals surface area contributed by atoms with Crippen molar-refractivity contribution in [2.45, 2.75) is 0 Å². The number of benzene rings is 1. The van der Waals surface area contributed by atoms with Crippen molar-refractivity contribution >= 4 is 21.6 Å². The Kier molecular flexibility index (Phi) is 5.33. The first-order valence-electron chi connectivity index (χ1n) is 4.51. The summed E-state index contributed by atoms with van der Waals surface area (Å²) in [5.41, 5.74) is 1.09. The lowest BCUT2D eigenvalue weighted by Crippen LogP contribution is -2.09. The van der Waals surface area contributed by atoms with Crippen molar-refractivity contribution in [2.24, 2.45) is 0 Å². The van der Waals surface area contributed by atoms with Gasteiger partial charge in [-0.15, -0.1) is 6.58 Å². The van der Waals surface area contributed by atoms with E-state index in [9.17, 15) is 0 Å². The zero-order chi connectivity index (χ0) is 10.2. The second-order valence-corrected chi connectivity index (χ2v) is 3.62. The Labute approximate surface area is 93.1 Å². The SMILES string of the molecule is C=CCOCCNc1ccccc1Br. The first-order chi connectivity index (χ1) is 6.84. The highest BCUT2D eigenvalue weighted by atomic mass is 79.9. The Balaban J connectivity index is 2.24. The lowest BCUT2D eigenvalue weighted by Gasteiger charge is -2.07. The molecule has 0 aliphatic carbocycles. The minimum absolute atomic E-state index is 0.609. The largest absolute Gasteiger partial charge is 0.382 e. The third-order valence-electron chi connectivity index (χ3n) is 1.67. The van der Waals surface area contributed by atoms with Crippen LogP contribution in [0.3, 0.4) is 0 Å². The molecule has 0 aliphatic heterocycles. The molecule has 0 heterocycles. The van der Waals surface area contributed by atoms with Gasteiger partial charge in [0.15, 0.2) is 0 Å². The molecule has 3 heteroatoms. The number of hydrogen-bond acceptors (Lipinski definition) is 2. The number of hydrogen-bond donors (Lipinski definition) is 1. The standard InChI is InChI=1S/C11H14BrNO/c1-2-8-14-9-7-13-11-6-4-3-5-10(11)12/h2-6,13H,1,7-9H2. The maximum absolute atomic E-state index is 5.25. The van der Waals surface area contributed by atoms with Gasteiger partial charge >= 0.3 is 0 Å². The van der Waals surface area contributed by atoms with E-state index in [1.807, 2.05) is 24.3 Å². The molecule has 0 aliphatic rings. The normalized spacial score (nSPS) is 9.79. The predicted molar refractivity (Wildman–Crippen MR) is 63.6 cm³/mol. The fraction of sp³-hybridized carbons (Fsp3) is 0.273. The van der Waals surface area contributed by atoms with E-state index in [1.54, 1.807) is 6.08 Å². The van der Waals surface area contributed by atoms with E-state index >= 15 is 0 Å². The van der Waals surface area contributed by atoms with Crippen molar-refractivity contribution in [3.05, 3.63) is 41.4 Å². The molecule has 1 aromatic rings. The minimum Gasteiger partial charge on any atom is -0.382 e. The van der Waals surface area contributed by atoms with Gasteiger partial charge in [-0.1, -0.05) is 18.2 Å². The van der Waals surface area contributed by atoms with Crippen LogP contribution in [0.2, 0.25) is 0 Å². The third kappa shape index (κ3) is 3.94. The molecule has 2 nitrogen and oxygen atoms in total. The molecule has 0 radical (unpaired) electrons. The molecule has 1 N–H and O–H groups in total. The van der Waals surface area contributed by atoms with Gasteiger partial charge in [0.25, 0.3) is 0 Å². The second kappa shape index (κ2) is 6.62. The summed E-state index contributed by atoms with van der Waals surface area (Å²) in [5, 5.41) is 3.27. The van der Waals surface area contributed by atoms with Crippen LogP contribution in [0.5, 0.6) is 0 Å². The highest BCUT2D eigenvalue weighted by molar-refractivity contribution is 9.10. The van der Waals surface area contributed by atoms with Crippen molar-refractivity contribution < 1.29 is 4.74 Å². The molecule has 0 bridgehead atoms. The minimum atomic E-state index is 0.609. The summed E-state index contributed by atoms with van der Waals surface area (Å²) in [6.07, 6.45) is 1.75. The van der Waals surface area contributed by atoms with Crippen LogP contribution in [0.1, 0.15) is 0 Å². The Morgan fingerprint density at radius 1 is 1.43 bits per heavy atom. The predicted octanol–water partition coefficient (Wildman–Crippen LogP) is 3.06. The van der Waals surface area contributed by atoms with Crippen molar-refractivity contribution in [1.29, 1.82) is 0 Å². The Morgan fingerprint density at radius 2 is 2.21 bits per heavy atom. The Morgan fingerprint density at radius 3 is 2.93 bits per heavy atom. The van der Waals surface area contributed by atoms with Gasteiger partial charge in [-0.05, 0) is 28.1 Å². The molecule has 1 rings (SSSR count). The van der Waals surface area contributed by atoms with Crippen molar-refractivity contribution in [3.8, 4) is 0 Å². The average molecular weight is 256 g/mol. The molecule has 0 unspecified atom stereocenters. The van der Waals surface area contributed by atoms with E-state index in [-0.39, 0.29) is 0 Å². The molecule has 1 aromatic carbocycles. The smallest absolute Gasteiger partial charge is 0.0645 e. The number of ether oxygens (including phenoxy) is 1. The summed E-state index contributed by atoms with van der Waals surface area (Å²) >= 11 is 3.46. The average Bonchev–Trinajstić information content (AvgIpc) is 2.20. The second-order valence-electron chi connectivity index (χ2n) is 2.77. The van der Waals surface area contributed by atoms with Gasteiger partial charge in [0, 0.05) is 16.7 Å². The quantitative estimate of drug-likeness (QED) is 0.623. The van der Waals surface area contributed by atoms with Gasteiger partial charge in [0.05, 0.1) is 13.2 Å². The zero-order valence-electron chi connectivity index (χ0n) is 8.00. The van der Waals surface area contributed by atoms with Crippen LogP contribution in [0.25, 0.3) is 0 Å². The van der Waals surface area contributed by atoms with E-state index in [4.69, 9.17) is 4.74 Å². The lowest BCUT2D eigenvalue weighted by molar-refractivity contribution is 0.173. The maximum Gasteiger partial charge on any atom is 0.0645 e. The first kappa shape index (κ1) is 11.3. The number of para-hydroxylation sites is 1. The summed E-state index contributed by atoms with van der Waals surface area (Å²) in [6, 6.07) is 8.02. The molecule has 0 amide bonds. The summed E-state index contributed by atoms with van der Waals surface area (Å²) in [7, 11) is 0. The molecule has 0 saturated carbocycles. The van der Waals surface area contributed by atoms with Crippen LogP contribution in [-0.2, 0) is 4.74 Å². The fourth-order valence-electron chi connectivity index (χ4n) is 1.03. The van der Waals surface area contributed by atoms with E-state index in [2.05, 4.69) is 27.8 Å². The maximum atomic E-state index is 5.25. The Bertz CT molecular complexity index is 288. The summed E-state index contributed by atoms with van der Waals surface area (Å²) in [6.45, 7) is 5.68. The molecule has 0 spiro atoms. The zero-order valence-corrected chi connectivity index (χ0v) is 9.59. The number of halogens is 1. The molecule has 0 atom stereocenters. The molecule has 0 fully saturated rings. The van der Waals surface area contributed by atoms with Gasteiger partial charge in [-0.25, -0.2) is 0 Å². The van der Waals surface area contributed by atoms with Crippen molar-refractivity contribution in [2.75, 3.05) is 25.1 Å². The van der Waals surface area contributed by atoms with E-state index in [0.717, 1.165) is 16.7 Å². The molecule has 0 saturated heterocycles. The highest BCUT2D eigenvalue weighted by Crippen LogP contribution is 2.20. The lowest BCUT2D eigenvalue weighted by atomic mass is 10.3. The van der Waals surface area contributed by atoms with Crippen LogP contribution < -0.4 is 5.32 Å². The van der Waals surface area contributed by atoms with E-state index < -0.39 is 0 Å². The van der Waals surface area contributed by atoms with Crippen molar-refractivity contribution in [3.63, 3.8) is 0 Å². The van der Waals surface area contributed by atoms with E-state index in [1.165, 1.54) is 0 Å². The molecule has 76 valence electrons. The molecule has 14 heavy (non-hydrogen) atoms. The molecule has 0 aromatic heterocycles. The fourth-order valence-corrected chi connectivity index (χ4v) is 1.45.